The van der Waals surface area contributed by atoms with E-state index in [0.717, 1.165) is 0 Å². The van der Waals surface area contributed by atoms with Gasteiger partial charge in [0.2, 0.25) is 6.41 Å². The lowest BCUT2D eigenvalue weighted by atomic mass is 10.00. The van der Waals surface area contributed by atoms with Gasteiger partial charge in [0.1, 0.15) is 0 Å². The van der Waals surface area contributed by atoms with E-state index in [0.29, 0.717) is 17.7 Å². The minimum absolute atomic E-state index is 0.00181. The standard InChI is InChI=1S/C11H13N3O3.C2H6/c1-8(2)11(13-12-7-15)9-4-3-5-10(6-9)14(16)17;1-2/h3-8H,1-2H3,(H,12,15);1-2H3/b13-11+;. The molecule has 0 aliphatic rings. The molecule has 0 unspecified atom stereocenters. The maximum absolute atomic E-state index is 10.7. The number of carbonyl (C=O) groups is 1. The van der Waals surface area contributed by atoms with E-state index in [-0.39, 0.29) is 11.6 Å². The molecule has 6 heteroatoms. The average molecular weight is 265 g/mol. The first kappa shape index (κ1) is 16.8. The second-order valence-corrected chi connectivity index (χ2v) is 3.71. The fourth-order valence-corrected chi connectivity index (χ4v) is 1.40. The van der Waals surface area contributed by atoms with Crippen molar-refractivity contribution in [2.24, 2.45) is 11.0 Å². The van der Waals surface area contributed by atoms with Crippen molar-refractivity contribution >= 4 is 17.8 Å². The van der Waals surface area contributed by atoms with Crippen LogP contribution in [0.1, 0.15) is 33.3 Å². The molecule has 0 aromatic heterocycles. The van der Waals surface area contributed by atoms with Crippen LogP contribution in [0.15, 0.2) is 29.4 Å². The number of rotatable bonds is 5. The summed E-state index contributed by atoms with van der Waals surface area (Å²) < 4.78 is 0. The molecule has 0 bridgehead atoms. The van der Waals surface area contributed by atoms with Crippen LogP contribution in [-0.4, -0.2) is 17.0 Å². The van der Waals surface area contributed by atoms with Crippen molar-refractivity contribution in [2.75, 3.05) is 0 Å². The molecule has 1 aromatic carbocycles. The lowest BCUT2D eigenvalue weighted by molar-refractivity contribution is -0.384. The molecule has 1 N–H and O–H groups in total. The largest absolute Gasteiger partial charge is 0.277 e. The van der Waals surface area contributed by atoms with Gasteiger partial charge in [0, 0.05) is 17.7 Å². The molecule has 0 atom stereocenters. The molecule has 19 heavy (non-hydrogen) atoms. The first-order valence-electron chi connectivity index (χ1n) is 6.08. The van der Waals surface area contributed by atoms with Gasteiger partial charge in [0.25, 0.3) is 5.69 Å². The molecule has 0 aliphatic carbocycles. The maximum atomic E-state index is 10.7. The summed E-state index contributed by atoms with van der Waals surface area (Å²) in [6, 6.07) is 6.16. The van der Waals surface area contributed by atoms with Crippen LogP contribution in [0.2, 0.25) is 0 Å². The Morgan fingerprint density at radius 2 is 2.05 bits per heavy atom. The van der Waals surface area contributed by atoms with E-state index >= 15 is 0 Å². The Hall–Kier alpha value is -2.24. The highest BCUT2D eigenvalue weighted by molar-refractivity contribution is 6.02. The number of amides is 1. The first-order chi connectivity index (χ1) is 9.06. The van der Waals surface area contributed by atoms with E-state index in [1.165, 1.54) is 12.1 Å². The van der Waals surface area contributed by atoms with Crippen molar-refractivity contribution in [3.05, 3.63) is 39.9 Å². The van der Waals surface area contributed by atoms with Crippen molar-refractivity contribution in [2.45, 2.75) is 27.7 Å². The summed E-state index contributed by atoms with van der Waals surface area (Å²) in [5.74, 6) is 0.0458. The molecule has 0 saturated carbocycles. The Morgan fingerprint density at radius 1 is 1.42 bits per heavy atom. The molecule has 0 aliphatic heterocycles. The Morgan fingerprint density at radius 3 is 2.53 bits per heavy atom. The molecule has 0 saturated heterocycles. The highest BCUT2D eigenvalue weighted by Gasteiger charge is 2.12. The smallest absolute Gasteiger partial charge is 0.270 e. The minimum Gasteiger partial charge on any atom is -0.277 e. The molecular weight excluding hydrogens is 246 g/mol. The Labute approximate surface area is 112 Å². The van der Waals surface area contributed by atoms with Gasteiger partial charge in [-0.1, -0.05) is 39.8 Å². The molecule has 6 nitrogen and oxygen atoms in total. The summed E-state index contributed by atoms with van der Waals surface area (Å²) in [4.78, 5) is 20.4. The topological polar surface area (TPSA) is 84.6 Å². The number of hydrogen-bond donors (Lipinski definition) is 1. The van der Waals surface area contributed by atoms with Gasteiger partial charge in [-0.25, -0.2) is 5.43 Å². The molecule has 0 heterocycles. The van der Waals surface area contributed by atoms with Crippen LogP contribution < -0.4 is 5.43 Å². The molecule has 1 aromatic rings. The van der Waals surface area contributed by atoms with Crippen LogP contribution in [0.25, 0.3) is 0 Å². The fraction of sp³-hybridized carbons (Fsp3) is 0.385. The Kier molecular flexibility index (Phi) is 7.76. The van der Waals surface area contributed by atoms with E-state index in [4.69, 9.17) is 0 Å². The number of non-ortho nitro benzene ring substituents is 1. The fourth-order valence-electron chi connectivity index (χ4n) is 1.40. The predicted octanol–water partition coefficient (Wildman–Crippen LogP) is 2.73. The number of benzene rings is 1. The van der Waals surface area contributed by atoms with Crippen LogP contribution >= 0.6 is 0 Å². The zero-order valence-corrected chi connectivity index (χ0v) is 11.6. The molecule has 0 radical (unpaired) electrons. The lowest BCUT2D eigenvalue weighted by Crippen LogP contribution is -2.15. The van der Waals surface area contributed by atoms with E-state index in [1.807, 2.05) is 27.7 Å². The highest BCUT2D eigenvalue weighted by Crippen LogP contribution is 2.16. The van der Waals surface area contributed by atoms with Gasteiger partial charge in [0.15, 0.2) is 0 Å². The van der Waals surface area contributed by atoms with Crippen molar-refractivity contribution < 1.29 is 9.72 Å². The molecule has 1 amide bonds. The molecule has 0 fully saturated rings. The Bertz CT molecular complexity index is 456. The highest BCUT2D eigenvalue weighted by atomic mass is 16.6. The predicted molar refractivity (Wildman–Crippen MR) is 75.0 cm³/mol. The number of nitrogens with one attached hydrogen (secondary N) is 1. The van der Waals surface area contributed by atoms with Crippen molar-refractivity contribution in [3.8, 4) is 0 Å². The normalized spacial score (nSPS) is 10.5. The van der Waals surface area contributed by atoms with E-state index in [2.05, 4.69) is 10.5 Å². The van der Waals surface area contributed by atoms with Crippen molar-refractivity contribution in [3.63, 3.8) is 0 Å². The number of nitro groups is 1. The van der Waals surface area contributed by atoms with Gasteiger partial charge >= 0.3 is 0 Å². The van der Waals surface area contributed by atoms with Crippen LogP contribution in [0, 0.1) is 16.0 Å². The molecule has 104 valence electrons. The first-order valence-corrected chi connectivity index (χ1v) is 6.08. The third-order valence-electron chi connectivity index (χ3n) is 2.14. The van der Waals surface area contributed by atoms with E-state index in [9.17, 15) is 14.9 Å². The average Bonchev–Trinajstić information content (AvgIpc) is 2.41. The Balaban J connectivity index is 0.00000154. The van der Waals surface area contributed by atoms with Gasteiger partial charge in [-0.15, -0.1) is 0 Å². The van der Waals surface area contributed by atoms with Gasteiger partial charge in [-0.2, -0.15) is 5.10 Å². The summed E-state index contributed by atoms with van der Waals surface area (Å²) in [6.45, 7) is 7.79. The van der Waals surface area contributed by atoms with Crippen LogP contribution in [0.5, 0.6) is 0 Å². The molecule has 0 spiro atoms. The summed E-state index contributed by atoms with van der Waals surface area (Å²) in [5.41, 5.74) is 3.44. The number of hydrazone groups is 1. The van der Waals surface area contributed by atoms with Gasteiger partial charge in [0.05, 0.1) is 10.6 Å². The monoisotopic (exact) mass is 265 g/mol. The lowest BCUT2D eigenvalue weighted by Gasteiger charge is -2.09. The molecular formula is C13H19N3O3. The summed E-state index contributed by atoms with van der Waals surface area (Å²) in [7, 11) is 0. The van der Waals surface area contributed by atoms with Crippen molar-refractivity contribution in [1.82, 2.24) is 5.43 Å². The maximum Gasteiger partial charge on any atom is 0.270 e. The van der Waals surface area contributed by atoms with Crippen LogP contribution in [0.3, 0.4) is 0 Å². The number of nitro benzene ring substituents is 1. The second kappa shape index (κ2) is 8.79. The number of nitrogens with zero attached hydrogens (tertiary/aromatic N) is 2. The molecule has 1 rings (SSSR count). The summed E-state index contributed by atoms with van der Waals surface area (Å²) >= 11 is 0. The second-order valence-electron chi connectivity index (χ2n) is 3.71. The number of hydrogen-bond acceptors (Lipinski definition) is 4. The SMILES string of the molecule is CC.CC(C)/C(=N\NC=O)c1cccc([N+](=O)[O-])c1. The third kappa shape index (κ3) is 5.29. The van der Waals surface area contributed by atoms with Crippen LogP contribution in [-0.2, 0) is 4.79 Å². The minimum atomic E-state index is -0.464. The van der Waals surface area contributed by atoms with Gasteiger partial charge in [-0.05, 0) is 5.92 Å². The number of carbonyl (C=O) groups excluding carboxylic acids is 1. The van der Waals surface area contributed by atoms with Gasteiger partial charge in [-0.3, -0.25) is 14.9 Å². The van der Waals surface area contributed by atoms with Crippen molar-refractivity contribution in [1.29, 1.82) is 0 Å². The third-order valence-corrected chi connectivity index (χ3v) is 2.14. The summed E-state index contributed by atoms with van der Waals surface area (Å²) in [6.07, 6.45) is 0.458. The quantitative estimate of drug-likeness (QED) is 0.384. The zero-order valence-electron chi connectivity index (χ0n) is 11.6. The van der Waals surface area contributed by atoms with Crippen LogP contribution in [0.4, 0.5) is 5.69 Å². The van der Waals surface area contributed by atoms with Gasteiger partial charge < -0.3 is 0 Å². The zero-order chi connectivity index (χ0) is 14.8. The van der Waals surface area contributed by atoms with E-state index in [1.54, 1.807) is 12.1 Å². The van der Waals surface area contributed by atoms with E-state index < -0.39 is 4.92 Å². The summed E-state index contributed by atoms with van der Waals surface area (Å²) in [5, 5.41) is 14.5.